The van der Waals surface area contributed by atoms with Gasteiger partial charge in [0, 0.05) is 40.3 Å². The van der Waals surface area contributed by atoms with E-state index in [-0.39, 0.29) is 29.8 Å². The number of aromatic nitrogens is 1. The fourth-order valence-corrected chi connectivity index (χ4v) is 6.71. The first-order valence-corrected chi connectivity index (χ1v) is 13.0. The Labute approximate surface area is 202 Å². The molecule has 32 heavy (non-hydrogen) atoms. The first kappa shape index (κ1) is 22.3. The van der Waals surface area contributed by atoms with Crippen molar-refractivity contribution in [2.75, 3.05) is 18.1 Å². The maximum Gasteiger partial charge on any atom is 0.232 e. The summed E-state index contributed by atoms with van der Waals surface area (Å²) in [6.07, 6.45) is 6.24. The molecule has 3 fully saturated rings. The molecule has 1 saturated heterocycles. The molecule has 0 spiro atoms. The van der Waals surface area contributed by atoms with E-state index in [9.17, 15) is 9.59 Å². The van der Waals surface area contributed by atoms with Crippen LogP contribution in [0.4, 0.5) is 5.13 Å². The van der Waals surface area contributed by atoms with Gasteiger partial charge in [-0.15, -0.1) is 11.3 Å². The molecule has 3 aliphatic rings. The topological polar surface area (TPSA) is 59.5 Å². The van der Waals surface area contributed by atoms with Crippen LogP contribution in [0.15, 0.2) is 23.6 Å². The van der Waals surface area contributed by atoms with Crippen molar-refractivity contribution in [1.82, 2.24) is 4.98 Å². The lowest BCUT2D eigenvalue weighted by Crippen LogP contribution is -2.46. The molecule has 5 nitrogen and oxygen atoms in total. The van der Waals surface area contributed by atoms with E-state index in [0.717, 1.165) is 50.0 Å². The summed E-state index contributed by atoms with van der Waals surface area (Å²) in [5.41, 5.74) is 1.52. The number of ether oxygens (including phenoxy) is 1. The van der Waals surface area contributed by atoms with Crippen LogP contribution >= 0.6 is 34.5 Å². The summed E-state index contributed by atoms with van der Waals surface area (Å²) in [7, 11) is 0. The van der Waals surface area contributed by atoms with Crippen molar-refractivity contribution in [3.8, 4) is 11.3 Å². The van der Waals surface area contributed by atoms with Crippen LogP contribution in [0.25, 0.3) is 11.3 Å². The minimum Gasteiger partial charge on any atom is -0.376 e. The second-order valence-corrected chi connectivity index (χ2v) is 10.8. The molecular weight excluding hydrogens is 467 g/mol. The van der Waals surface area contributed by atoms with Crippen LogP contribution in [-0.2, 0) is 14.3 Å². The van der Waals surface area contributed by atoms with Crippen LogP contribution in [0.1, 0.15) is 44.9 Å². The molecule has 0 N–H and O–H groups in total. The van der Waals surface area contributed by atoms with Gasteiger partial charge in [0.1, 0.15) is 5.78 Å². The summed E-state index contributed by atoms with van der Waals surface area (Å²) in [5.74, 6) is 0.408. The highest BCUT2D eigenvalue weighted by Crippen LogP contribution is 2.42. The Morgan fingerprint density at radius 2 is 1.94 bits per heavy atom. The van der Waals surface area contributed by atoms with Crippen LogP contribution in [0.2, 0.25) is 10.0 Å². The quantitative estimate of drug-likeness (QED) is 0.511. The number of halogens is 2. The second-order valence-electron chi connectivity index (χ2n) is 9.12. The number of Topliss-reactive ketones (excluding diaryl/α,β-unsaturated/α-hetero) is 1. The van der Waals surface area contributed by atoms with E-state index >= 15 is 0 Å². The number of carbonyl (C=O) groups is 2. The lowest BCUT2D eigenvalue weighted by atomic mass is 9.67. The fourth-order valence-electron chi connectivity index (χ4n) is 5.37. The number of ketones is 1. The standard InChI is InChI=1S/C24H26Cl2N2O3S/c25-17-6-7-19(20(26)11-17)21-13-32-24(27-21)28(12-18-5-2-8-31-18)23(30)16-9-14-3-1-4-15(10-16)22(14)29/h6-7,11,13-16,18H,1-5,8-10,12H2/t14-,15-,18+/m1/s1. The molecule has 170 valence electrons. The van der Waals surface area contributed by atoms with Gasteiger partial charge in [-0.05, 0) is 56.7 Å². The lowest BCUT2D eigenvalue weighted by Gasteiger charge is -2.38. The normalized spacial score (nSPS) is 27.5. The van der Waals surface area contributed by atoms with E-state index in [1.54, 1.807) is 12.1 Å². The predicted octanol–water partition coefficient (Wildman–Crippen LogP) is 6.02. The predicted molar refractivity (Wildman–Crippen MR) is 127 cm³/mol. The van der Waals surface area contributed by atoms with Gasteiger partial charge in [0.15, 0.2) is 5.13 Å². The van der Waals surface area contributed by atoms with Crippen LogP contribution < -0.4 is 4.90 Å². The molecule has 2 bridgehead atoms. The number of thiazole rings is 1. The fraction of sp³-hybridized carbons (Fsp3) is 0.542. The Morgan fingerprint density at radius 1 is 1.16 bits per heavy atom. The van der Waals surface area contributed by atoms with Gasteiger partial charge in [-0.25, -0.2) is 4.98 Å². The van der Waals surface area contributed by atoms with Gasteiger partial charge >= 0.3 is 0 Å². The highest BCUT2D eigenvalue weighted by Gasteiger charge is 2.43. The molecule has 3 atom stereocenters. The summed E-state index contributed by atoms with van der Waals surface area (Å²) >= 11 is 13.9. The van der Waals surface area contributed by atoms with Crippen LogP contribution in [0.5, 0.6) is 0 Å². The van der Waals surface area contributed by atoms with Crippen LogP contribution in [0.3, 0.4) is 0 Å². The number of benzene rings is 1. The molecule has 8 heteroatoms. The number of hydrogen-bond acceptors (Lipinski definition) is 5. The molecule has 2 heterocycles. The van der Waals surface area contributed by atoms with Crippen molar-refractivity contribution in [1.29, 1.82) is 0 Å². The van der Waals surface area contributed by atoms with Gasteiger partial charge in [0.2, 0.25) is 5.91 Å². The molecule has 1 aromatic heterocycles. The molecule has 2 saturated carbocycles. The highest BCUT2D eigenvalue weighted by atomic mass is 35.5. The van der Waals surface area contributed by atoms with E-state index in [1.807, 2.05) is 16.3 Å². The zero-order valence-corrected chi connectivity index (χ0v) is 20.1. The Kier molecular flexibility index (Phi) is 6.57. The third-order valence-electron chi connectivity index (χ3n) is 7.00. The molecule has 0 unspecified atom stereocenters. The Morgan fingerprint density at radius 3 is 2.62 bits per heavy atom. The van der Waals surface area contributed by atoms with Crippen LogP contribution in [-0.4, -0.2) is 35.9 Å². The summed E-state index contributed by atoms with van der Waals surface area (Å²) in [4.78, 5) is 32.9. The average molecular weight is 493 g/mol. The van der Waals surface area contributed by atoms with Crippen molar-refractivity contribution < 1.29 is 14.3 Å². The summed E-state index contributed by atoms with van der Waals surface area (Å²) in [5, 5.41) is 3.69. The monoisotopic (exact) mass is 492 g/mol. The number of amides is 1. The second kappa shape index (κ2) is 9.41. The first-order chi connectivity index (χ1) is 15.5. The van der Waals surface area contributed by atoms with E-state index in [1.165, 1.54) is 11.3 Å². The largest absolute Gasteiger partial charge is 0.376 e. The van der Waals surface area contributed by atoms with Gasteiger partial charge in [0.05, 0.1) is 23.4 Å². The highest BCUT2D eigenvalue weighted by molar-refractivity contribution is 7.14. The minimum absolute atomic E-state index is 0.0233. The van der Waals surface area contributed by atoms with Gasteiger partial charge in [-0.2, -0.15) is 0 Å². The van der Waals surface area contributed by atoms with Crippen molar-refractivity contribution in [2.45, 2.75) is 51.0 Å². The molecular formula is C24H26Cl2N2O3S. The van der Waals surface area contributed by atoms with Crippen LogP contribution in [0, 0.1) is 17.8 Å². The molecule has 1 aromatic carbocycles. The molecule has 0 radical (unpaired) electrons. The van der Waals surface area contributed by atoms with Gasteiger partial charge in [0.25, 0.3) is 0 Å². The Bertz CT molecular complexity index is 1000. The zero-order chi connectivity index (χ0) is 22.2. The molecule has 5 rings (SSSR count). The smallest absolute Gasteiger partial charge is 0.232 e. The maximum absolute atomic E-state index is 13.8. The number of carbonyl (C=O) groups excluding carboxylic acids is 2. The maximum atomic E-state index is 13.8. The average Bonchev–Trinajstić information content (AvgIpc) is 3.43. The molecule has 1 amide bonds. The Balaban J connectivity index is 1.42. The zero-order valence-electron chi connectivity index (χ0n) is 17.8. The van der Waals surface area contributed by atoms with Gasteiger partial charge < -0.3 is 4.74 Å². The van der Waals surface area contributed by atoms with Crippen molar-refractivity contribution in [3.63, 3.8) is 0 Å². The van der Waals surface area contributed by atoms with Crippen molar-refractivity contribution >= 4 is 51.4 Å². The number of rotatable bonds is 5. The third-order valence-corrected chi connectivity index (χ3v) is 8.41. The SMILES string of the molecule is O=C1[C@@H]2CCC[C@@H]1CC(C(=O)N(C[C@@H]1CCCO1)c1nc(-c3ccc(Cl)cc3Cl)cs1)C2. The third kappa shape index (κ3) is 4.47. The first-order valence-electron chi connectivity index (χ1n) is 11.4. The van der Waals surface area contributed by atoms with E-state index < -0.39 is 0 Å². The summed E-state index contributed by atoms with van der Waals surface area (Å²) < 4.78 is 5.85. The summed E-state index contributed by atoms with van der Waals surface area (Å²) in [6, 6.07) is 5.34. The summed E-state index contributed by atoms with van der Waals surface area (Å²) in [6.45, 7) is 1.23. The molecule has 2 aromatic rings. The number of fused-ring (bicyclic) bond motifs is 2. The number of hydrogen-bond donors (Lipinski definition) is 0. The van der Waals surface area contributed by atoms with Gasteiger partial charge in [-0.3, -0.25) is 14.5 Å². The van der Waals surface area contributed by atoms with E-state index in [0.29, 0.717) is 40.3 Å². The Hall–Kier alpha value is -1.47. The minimum atomic E-state index is -0.129. The number of anilines is 1. The number of nitrogens with zero attached hydrogens (tertiary/aromatic N) is 2. The lowest BCUT2D eigenvalue weighted by molar-refractivity contribution is -0.136. The van der Waals surface area contributed by atoms with E-state index in [4.69, 9.17) is 32.9 Å². The molecule has 2 aliphatic carbocycles. The van der Waals surface area contributed by atoms with Gasteiger partial charge in [-0.1, -0.05) is 29.6 Å². The molecule has 1 aliphatic heterocycles. The van der Waals surface area contributed by atoms with Crippen molar-refractivity contribution in [3.05, 3.63) is 33.6 Å². The van der Waals surface area contributed by atoms with E-state index in [2.05, 4.69) is 0 Å². The van der Waals surface area contributed by atoms with Crippen molar-refractivity contribution in [2.24, 2.45) is 17.8 Å².